The Bertz CT molecular complexity index is 569. The molecule has 1 aromatic carbocycles. The Kier molecular flexibility index (Phi) is 4.50. The Morgan fingerprint density at radius 2 is 2.16 bits per heavy atom. The summed E-state index contributed by atoms with van der Waals surface area (Å²) in [6.07, 6.45) is 0.381. The van der Waals surface area contributed by atoms with Crippen molar-refractivity contribution >= 4 is 11.6 Å². The maximum absolute atomic E-state index is 12.1. The predicted octanol–water partition coefficient (Wildman–Crippen LogP) is 2.45. The first kappa shape index (κ1) is 14.5. The average molecular weight is 257 g/mol. The van der Waals surface area contributed by atoms with Gasteiger partial charge in [-0.05, 0) is 25.5 Å². The maximum Gasteiger partial charge on any atom is 0.244 e. The zero-order valence-electron chi connectivity index (χ0n) is 11.2. The summed E-state index contributed by atoms with van der Waals surface area (Å²) in [5.41, 5.74) is -0.537. The average Bonchev–Trinajstić information content (AvgIpc) is 2.46. The van der Waals surface area contributed by atoms with E-state index in [9.17, 15) is 4.79 Å². The van der Waals surface area contributed by atoms with E-state index in [1.807, 2.05) is 12.1 Å². The van der Waals surface area contributed by atoms with Crippen molar-refractivity contribution in [3.05, 3.63) is 23.8 Å². The molecule has 0 heterocycles. The molecule has 5 heteroatoms. The lowest BCUT2D eigenvalue weighted by Gasteiger charge is -2.20. The summed E-state index contributed by atoms with van der Waals surface area (Å²) in [4.78, 5) is 12.1. The number of ether oxygens (including phenoxy) is 1. The zero-order valence-corrected chi connectivity index (χ0v) is 11.2. The van der Waals surface area contributed by atoms with Crippen LogP contribution in [0.15, 0.2) is 18.2 Å². The third kappa shape index (κ3) is 2.83. The lowest BCUT2D eigenvalue weighted by atomic mass is 9.88. The number of para-hydroxylation sites is 1. The zero-order chi connectivity index (χ0) is 14.5. The number of nitrogens with one attached hydrogen (secondary N) is 1. The number of carbonyl (C=O) groups is 1. The van der Waals surface area contributed by atoms with Gasteiger partial charge in [0.2, 0.25) is 5.91 Å². The molecule has 98 valence electrons. The van der Waals surface area contributed by atoms with Gasteiger partial charge in [0.05, 0.1) is 18.7 Å². The van der Waals surface area contributed by atoms with Crippen LogP contribution in [-0.2, 0) is 4.79 Å². The van der Waals surface area contributed by atoms with E-state index in [2.05, 4.69) is 5.32 Å². The number of hydrogen-bond acceptors (Lipinski definition) is 4. The SMILES string of the molecule is CCC(C)(C#N)C(=O)Nc1c(C#N)cccc1OC. The number of methoxy groups -OCH3 is 1. The van der Waals surface area contributed by atoms with Gasteiger partial charge in [-0.25, -0.2) is 0 Å². The van der Waals surface area contributed by atoms with Gasteiger partial charge in [0, 0.05) is 0 Å². The van der Waals surface area contributed by atoms with E-state index in [1.54, 1.807) is 32.0 Å². The standard InChI is InChI=1S/C14H15N3O2/c1-4-14(2,9-16)13(18)17-12-10(8-15)6-5-7-11(12)19-3/h5-7H,4H2,1-3H3,(H,17,18). The van der Waals surface area contributed by atoms with Crippen LogP contribution >= 0.6 is 0 Å². The van der Waals surface area contributed by atoms with Gasteiger partial charge in [-0.3, -0.25) is 4.79 Å². The fourth-order valence-corrected chi connectivity index (χ4v) is 1.47. The van der Waals surface area contributed by atoms with Crippen molar-refractivity contribution in [2.24, 2.45) is 5.41 Å². The van der Waals surface area contributed by atoms with Gasteiger partial charge in [-0.1, -0.05) is 13.0 Å². The van der Waals surface area contributed by atoms with Crippen LogP contribution in [0.25, 0.3) is 0 Å². The quantitative estimate of drug-likeness (QED) is 0.897. The third-order valence-electron chi connectivity index (χ3n) is 3.06. The van der Waals surface area contributed by atoms with Crippen molar-refractivity contribution in [2.75, 3.05) is 12.4 Å². The second-order valence-electron chi connectivity index (χ2n) is 4.25. The molecular weight excluding hydrogens is 242 g/mol. The molecule has 0 aliphatic carbocycles. The summed E-state index contributed by atoms with van der Waals surface area (Å²) in [5.74, 6) is -0.0534. The Morgan fingerprint density at radius 1 is 1.47 bits per heavy atom. The summed E-state index contributed by atoms with van der Waals surface area (Å²) in [6, 6.07) is 8.86. The lowest BCUT2D eigenvalue weighted by molar-refractivity contribution is -0.122. The molecular formula is C14H15N3O2. The van der Waals surface area contributed by atoms with Crippen molar-refractivity contribution in [3.63, 3.8) is 0 Å². The minimum Gasteiger partial charge on any atom is -0.495 e. The van der Waals surface area contributed by atoms with Gasteiger partial charge in [-0.15, -0.1) is 0 Å². The molecule has 0 aliphatic heterocycles. The van der Waals surface area contributed by atoms with Crippen LogP contribution in [0.3, 0.4) is 0 Å². The minimum absolute atomic E-state index is 0.295. The molecule has 0 aromatic heterocycles. The van der Waals surface area contributed by atoms with Crippen molar-refractivity contribution < 1.29 is 9.53 Å². The molecule has 1 unspecified atom stereocenters. The van der Waals surface area contributed by atoms with E-state index in [0.717, 1.165) is 0 Å². The third-order valence-corrected chi connectivity index (χ3v) is 3.06. The largest absolute Gasteiger partial charge is 0.495 e. The van der Waals surface area contributed by atoms with E-state index in [4.69, 9.17) is 15.3 Å². The number of amides is 1. The number of benzene rings is 1. The van der Waals surface area contributed by atoms with E-state index >= 15 is 0 Å². The highest BCUT2D eigenvalue weighted by Gasteiger charge is 2.32. The Balaban J connectivity index is 3.17. The van der Waals surface area contributed by atoms with E-state index < -0.39 is 11.3 Å². The maximum atomic E-state index is 12.1. The number of carbonyl (C=O) groups excluding carboxylic acids is 1. The summed E-state index contributed by atoms with van der Waals surface area (Å²) >= 11 is 0. The second kappa shape index (κ2) is 5.88. The summed E-state index contributed by atoms with van der Waals surface area (Å²) in [6.45, 7) is 3.32. The first-order chi connectivity index (χ1) is 9.02. The first-order valence-electron chi connectivity index (χ1n) is 5.82. The van der Waals surface area contributed by atoms with Gasteiger partial charge in [0.1, 0.15) is 22.9 Å². The highest BCUT2D eigenvalue weighted by Crippen LogP contribution is 2.30. The van der Waals surface area contributed by atoms with Crippen LogP contribution in [0.1, 0.15) is 25.8 Å². The van der Waals surface area contributed by atoms with Crippen molar-refractivity contribution in [1.29, 1.82) is 10.5 Å². The van der Waals surface area contributed by atoms with Crippen molar-refractivity contribution in [2.45, 2.75) is 20.3 Å². The molecule has 1 rings (SSSR count). The van der Waals surface area contributed by atoms with Gasteiger partial charge < -0.3 is 10.1 Å². The van der Waals surface area contributed by atoms with Crippen LogP contribution in [0.5, 0.6) is 5.75 Å². The predicted molar refractivity (Wildman–Crippen MR) is 70.3 cm³/mol. The molecule has 0 spiro atoms. The summed E-state index contributed by atoms with van der Waals surface area (Å²) in [5, 5.41) is 20.7. The van der Waals surface area contributed by atoms with Crippen molar-refractivity contribution in [1.82, 2.24) is 0 Å². The number of nitriles is 2. The minimum atomic E-state index is -1.13. The van der Waals surface area contributed by atoms with Crippen LogP contribution < -0.4 is 10.1 Å². The van der Waals surface area contributed by atoms with Gasteiger partial charge in [0.15, 0.2) is 0 Å². The van der Waals surface area contributed by atoms with Crippen LogP contribution in [-0.4, -0.2) is 13.0 Å². The Hall–Kier alpha value is -2.53. The Labute approximate surface area is 112 Å². The molecule has 0 aliphatic rings. The van der Waals surface area contributed by atoms with E-state index in [0.29, 0.717) is 23.4 Å². The molecule has 1 aromatic rings. The van der Waals surface area contributed by atoms with Gasteiger partial charge in [0.25, 0.3) is 0 Å². The molecule has 1 amide bonds. The highest BCUT2D eigenvalue weighted by atomic mass is 16.5. The normalized spacial score (nSPS) is 12.7. The molecule has 19 heavy (non-hydrogen) atoms. The summed E-state index contributed by atoms with van der Waals surface area (Å²) in [7, 11) is 1.45. The van der Waals surface area contributed by atoms with Crippen molar-refractivity contribution in [3.8, 4) is 17.9 Å². The first-order valence-corrected chi connectivity index (χ1v) is 5.82. The Morgan fingerprint density at radius 3 is 2.63 bits per heavy atom. The number of hydrogen-bond donors (Lipinski definition) is 1. The number of nitrogens with zero attached hydrogens (tertiary/aromatic N) is 2. The highest BCUT2D eigenvalue weighted by molar-refractivity contribution is 5.99. The van der Waals surface area contributed by atoms with E-state index in [1.165, 1.54) is 7.11 Å². The summed E-state index contributed by atoms with van der Waals surface area (Å²) < 4.78 is 5.12. The number of rotatable bonds is 4. The monoisotopic (exact) mass is 257 g/mol. The fraction of sp³-hybridized carbons (Fsp3) is 0.357. The molecule has 0 saturated carbocycles. The second-order valence-corrected chi connectivity index (χ2v) is 4.25. The van der Waals surface area contributed by atoms with Gasteiger partial charge in [-0.2, -0.15) is 10.5 Å². The molecule has 1 atom stereocenters. The molecule has 0 radical (unpaired) electrons. The molecule has 5 nitrogen and oxygen atoms in total. The molecule has 0 bridgehead atoms. The van der Waals surface area contributed by atoms with Crippen LogP contribution in [0.4, 0.5) is 5.69 Å². The number of anilines is 1. The van der Waals surface area contributed by atoms with Gasteiger partial charge >= 0.3 is 0 Å². The van der Waals surface area contributed by atoms with Crippen LogP contribution in [0.2, 0.25) is 0 Å². The van der Waals surface area contributed by atoms with E-state index in [-0.39, 0.29) is 0 Å². The topological polar surface area (TPSA) is 85.9 Å². The molecule has 1 N–H and O–H groups in total. The smallest absolute Gasteiger partial charge is 0.244 e. The van der Waals surface area contributed by atoms with Crippen LogP contribution in [0, 0.1) is 28.1 Å². The lowest BCUT2D eigenvalue weighted by Crippen LogP contribution is -2.32. The molecule has 0 fully saturated rings. The molecule has 0 saturated heterocycles. The fourth-order valence-electron chi connectivity index (χ4n) is 1.47.